The van der Waals surface area contributed by atoms with Gasteiger partial charge in [-0.05, 0) is 56.6 Å². The van der Waals surface area contributed by atoms with Gasteiger partial charge >= 0.3 is 0 Å². The first-order valence-electron chi connectivity index (χ1n) is 7.10. The second-order valence-corrected chi connectivity index (χ2v) is 5.71. The average Bonchev–Trinajstić information content (AvgIpc) is 2.48. The molecule has 0 atom stereocenters. The Balaban J connectivity index is 1.92. The maximum Gasteiger partial charge on any atom is 0.255 e. The van der Waals surface area contributed by atoms with Gasteiger partial charge in [-0.1, -0.05) is 17.7 Å². The zero-order valence-corrected chi connectivity index (χ0v) is 13.5. The molecule has 0 aliphatic heterocycles. The molecule has 0 aliphatic rings. The molecule has 0 aromatic heterocycles. The van der Waals surface area contributed by atoms with E-state index in [0.717, 1.165) is 24.5 Å². The third kappa shape index (κ3) is 5.06. The summed E-state index contributed by atoms with van der Waals surface area (Å²) in [5.74, 6) is -0.171. The second-order valence-electron chi connectivity index (χ2n) is 5.27. The number of nitrogens with one attached hydrogen (secondary N) is 2. The highest BCUT2D eigenvalue weighted by Gasteiger charge is 2.06. The zero-order chi connectivity index (χ0) is 15.9. The molecule has 0 fully saturated rings. The minimum Gasteiger partial charge on any atom is -0.384 e. The molecular formula is C17H20ClN3O. The Morgan fingerprint density at radius 3 is 2.41 bits per heavy atom. The third-order valence-electron chi connectivity index (χ3n) is 3.12. The van der Waals surface area contributed by atoms with E-state index in [1.165, 1.54) is 0 Å². The van der Waals surface area contributed by atoms with Crippen LogP contribution in [-0.2, 0) is 0 Å². The predicted octanol–water partition coefficient (Wildman–Crippen LogP) is 3.57. The highest BCUT2D eigenvalue weighted by molar-refractivity contribution is 6.31. The summed E-state index contributed by atoms with van der Waals surface area (Å²) < 4.78 is 0. The molecule has 2 rings (SSSR count). The van der Waals surface area contributed by atoms with Crippen molar-refractivity contribution in [3.05, 3.63) is 59.1 Å². The van der Waals surface area contributed by atoms with Crippen molar-refractivity contribution >= 4 is 28.9 Å². The van der Waals surface area contributed by atoms with Crippen LogP contribution < -0.4 is 10.6 Å². The van der Waals surface area contributed by atoms with Gasteiger partial charge in [0, 0.05) is 35.1 Å². The number of rotatable bonds is 6. The number of carbonyl (C=O) groups excluding carboxylic acids is 1. The van der Waals surface area contributed by atoms with E-state index in [-0.39, 0.29) is 5.91 Å². The van der Waals surface area contributed by atoms with Gasteiger partial charge in [-0.3, -0.25) is 4.79 Å². The van der Waals surface area contributed by atoms with Crippen LogP contribution in [0.3, 0.4) is 0 Å². The lowest BCUT2D eigenvalue weighted by molar-refractivity contribution is 0.102. The SMILES string of the molecule is CN(C)CCNc1ccc(NC(=O)c2cccc(Cl)c2)cc1. The van der Waals surface area contributed by atoms with Crippen LogP contribution in [0.5, 0.6) is 0 Å². The molecule has 4 nitrogen and oxygen atoms in total. The number of nitrogens with zero attached hydrogens (tertiary/aromatic N) is 1. The van der Waals surface area contributed by atoms with Crippen molar-refractivity contribution in [2.75, 3.05) is 37.8 Å². The van der Waals surface area contributed by atoms with E-state index in [1.807, 2.05) is 38.4 Å². The fourth-order valence-corrected chi connectivity index (χ4v) is 2.12. The minimum atomic E-state index is -0.171. The molecular weight excluding hydrogens is 298 g/mol. The number of halogens is 1. The van der Waals surface area contributed by atoms with Gasteiger partial charge in [-0.25, -0.2) is 0 Å². The molecule has 0 radical (unpaired) electrons. The highest BCUT2D eigenvalue weighted by Crippen LogP contribution is 2.16. The van der Waals surface area contributed by atoms with Crippen LogP contribution in [0.1, 0.15) is 10.4 Å². The van der Waals surface area contributed by atoms with Crippen molar-refractivity contribution < 1.29 is 4.79 Å². The van der Waals surface area contributed by atoms with E-state index in [9.17, 15) is 4.79 Å². The maximum atomic E-state index is 12.1. The summed E-state index contributed by atoms with van der Waals surface area (Å²) >= 11 is 5.89. The molecule has 0 heterocycles. The smallest absolute Gasteiger partial charge is 0.255 e. The zero-order valence-electron chi connectivity index (χ0n) is 12.8. The lowest BCUT2D eigenvalue weighted by atomic mass is 10.2. The summed E-state index contributed by atoms with van der Waals surface area (Å²) in [4.78, 5) is 14.2. The van der Waals surface area contributed by atoms with E-state index in [0.29, 0.717) is 10.6 Å². The van der Waals surface area contributed by atoms with Crippen molar-refractivity contribution in [3.8, 4) is 0 Å². The molecule has 2 aromatic carbocycles. The van der Waals surface area contributed by atoms with Gasteiger partial charge in [0.05, 0.1) is 0 Å². The first kappa shape index (κ1) is 16.3. The van der Waals surface area contributed by atoms with E-state index in [1.54, 1.807) is 24.3 Å². The number of carbonyl (C=O) groups is 1. The normalized spacial score (nSPS) is 10.5. The monoisotopic (exact) mass is 317 g/mol. The largest absolute Gasteiger partial charge is 0.384 e. The van der Waals surface area contributed by atoms with Gasteiger partial charge in [-0.2, -0.15) is 0 Å². The molecule has 0 bridgehead atoms. The Morgan fingerprint density at radius 2 is 1.77 bits per heavy atom. The topological polar surface area (TPSA) is 44.4 Å². The van der Waals surface area contributed by atoms with Gasteiger partial charge in [-0.15, -0.1) is 0 Å². The lowest BCUT2D eigenvalue weighted by Crippen LogP contribution is -2.20. The van der Waals surface area contributed by atoms with Crippen molar-refractivity contribution in [1.82, 2.24) is 4.90 Å². The fourth-order valence-electron chi connectivity index (χ4n) is 1.93. The Bertz CT molecular complexity index is 626. The van der Waals surface area contributed by atoms with Crippen molar-refractivity contribution in [1.29, 1.82) is 0 Å². The van der Waals surface area contributed by atoms with E-state index in [4.69, 9.17) is 11.6 Å². The Hall–Kier alpha value is -2.04. The molecule has 0 aliphatic carbocycles. The van der Waals surface area contributed by atoms with Crippen LogP contribution in [0.25, 0.3) is 0 Å². The van der Waals surface area contributed by atoms with Crippen molar-refractivity contribution in [2.45, 2.75) is 0 Å². The molecule has 0 saturated heterocycles. The molecule has 1 amide bonds. The average molecular weight is 318 g/mol. The molecule has 2 N–H and O–H groups in total. The van der Waals surface area contributed by atoms with Gasteiger partial charge < -0.3 is 15.5 Å². The number of amides is 1. The number of likely N-dealkylation sites (N-methyl/N-ethyl adjacent to an activating group) is 1. The van der Waals surface area contributed by atoms with Gasteiger partial charge in [0.15, 0.2) is 0 Å². The van der Waals surface area contributed by atoms with Crippen molar-refractivity contribution in [3.63, 3.8) is 0 Å². The molecule has 0 spiro atoms. The Morgan fingerprint density at radius 1 is 1.09 bits per heavy atom. The molecule has 5 heteroatoms. The second kappa shape index (κ2) is 7.82. The number of hydrogen-bond acceptors (Lipinski definition) is 3. The predicted molar refractivity (Wildman–Crippen MR) is 92.9 cm³/mol. The Labute approximate surface area is 136 Å². The van der Waals surface area contributed by atoms with E-state index in [2.05, 4.69) is 15.5 Å². The quantitative estimate of drug-likeness (QED) is 0.856. The third-order valence-corrected chi connectivity index (χ3v) is 3.35. The maximum absolute atomic E-state index is 12.1. The lowest BCUT2D eigenvalue weighted by Gasteiger charge is -2.12. The number of hydrogen-bond donors (Lipinski definition) is 2. The summed E-state index contributed by atoms with van der Waals surface area (Å²) in [6.07, 6.45) is 0. The van der Waals surface area contributed by atoms with Crippen LogP contribution >= 0.6 is 11.6 Å². The molecule has 116 valence electrons. The molecule has 0 unspecified atom stereocenters. The van der Waals surface area contributed by atoms with Crippen LogP contribution in [-0.4, -0.2) is 38.0 Å². The van der Waals surface area contributed by atoms with Crippen LogP contribution in [0, 0.1) is 0 Å². The highest BCUT2D eigenvalue weighted by atomic mass is 35.5. The summed E-state index contributed by atoms with van der Waals surface area (Å²) in [5, 5.41) is 6.73. The van der Waals surface area contributed by atoms with Gasteiger partial charge in [0.25, 0.3) is 5.91 Å². The molecule has 0 saturated carbocycles. The van der Waals surface area contributed by atoms with E-state index < -0.39 is 0 Å². The Kier molecular flexibility index (Phi) is 5.81. The first-order valence-corrected chi connectivity index (χ1v) is 7.48. The summed E-state index contributed by atoms with van der Waals surface area (Å²) in [5.41, 5.74) is 2.33. The first-order chi connectivity index (χ1) is 10.5. The van der Waals surface area contributed by atoms with Crippen LogP contribution in [0.4, 0.5) is 11.4 Å². The van der Waals surface area contributed by atoms with Crippen LogP contribution in [0.15, 0.2) is 48.5 Å². The van der Waals surface area contributed by atoms with Crippen molar-refractivity contribution in [2.24, 2.45) is 0 Å². The molecule has 2 aromatic rings. The van der Waals surface area contributed by atoms with E-state index >= 15 is 0 Å². The standard InChI is InChI=1S/C17H20ClN3O/c1-21(2)11-10-19-15-6-8-16(9-7-15)20-17(22)13-4-3-5-14(18)12-13/h3-9,12,19H,10-11H2,1-2H3,(H,20,22). The summed E-state index contributed by atoms with van der Waals surface area (Å²) in [6, 6.07) is 14.5. The number of anilines is 2. The number of benzene rings is 2. The van der Waals surface area contributed by atoms with Gasteiger partial charge in [0.1, 0.15) is 0 Å². The summed E-state index contributed by atoms with van der Waals surface area (Å²) in [7, 11) is 4.08. The minimum absolute atomic E-state index is 0.171. The van der Waals surface area contributed by atoms with Crippen LogP contribution in [0.2, 0.25) is 5.02 Å². The fraction of sp³-hybridized carbons (Fsp3) is 0.235. The summed E-state index contributed by atoms with van der Waals surface area (Å²) in [6.45, 7) is 1.84. The van der Waals surface area contributed by atoms with Gasteiger partial charge in [0.2, 0.25) is 0 Å². The molecule has 22 heavy (non-hydrogen) atoms.